The number of hydrogen-bond donors (Lipinski definition) is 0. The predicted molar refractivity (Wildman–Crippen MR) is 77.0 cm³/mol. The summed E-state index contributed by atoms with van der Waals surface area (Å²) in [6.45, 7) is 13.1. The Kier molecular flexibility index (Phi) is 23.9. The van der Waals surface area contributed by atoms with E-state index in [1.807, 2.05) is 0 Å². The van der Waals surface area contributed by atoms with Crippen molar-refractivity contribution in [2.45, 2.75) is 40.0 Å². The van der Waals surface area contributed by atoms with Crippen LogP contribution in [0.2, 0.25) is 0 Å². The van der Waals surface area contributed by atoms with E-state index in [4.69, 9.17) is 0 Å². The molecule has 7 heteroatoms. The van der Waals surface area contributed by atoms with Crippen LogP contribution in [-0.4, -0.2) is 34.7 Å². The summed E-state index contributed by atoms with van der Waals surface area (Å²) in [6.07, 6.45) is -0.0833. The average molecular weight is 437 g/mol. The van der Waals surface area contributed by atoms with Crippen LogP contribution in [0.4, 0.5) is 0 Å². The molecule has 121 valence electrons. The van der Waals surface area contributed by atoms with Gasteiger partial charge in [0.15, 0.2) is 0 Å². The fraction of sp³-hybridized carbons (Fsp3) is 0.400. The number of Topliss-reactive ketones (excluding diaryl/α,β-unsaturated/α-hetero) is 6. The third kappa shape index (κ3) is 50.9. The van der Waals surface area contributed by atoms with Gasteiger partial charge in [0.05, 0.1) is 0 Å². The first-order chi connectivity index (χ1) is 9.38. The summed E-state index contributed by atoms with van der Waals surface area (Å²) in [5.41, 5.74) is 0. The van der Waals surface area contributed by atoms with Gasteiger partial charge in [-0.15, -0.1) is 0 Å². The van der Waals surface area contributed by atoms with Crippen LogP contribution >= 0.6 is 0 Å². The molecule has 6 nitrogen and oxygen atoms in total. The third-order valence-corrected chi connectivity index (χ3v) is 1.34. The summed E-state index contributed by atoms with van der Waals surface area (Å²) >= 11 is 0. The minimum Gasteiger partial charge on any atom is -0.339 e. The van der Waals surface area contributed by atoms with Crippen molar-refractivity contribution in [1.29, 1.82) is 0 Å². The SMILES string of the molecule is [CH2-]C(=O)CC(C)=O.[CH2-]C(=O)CC(C)=O.[CH2-]C(=O)CC(C)=O.[Ce+3]. The second kappa shape index (κ2) is 18.1. The van der Waals surface area contributed by atoms with Crippen molar-refractivity contribution in [3.05, 3.63) is 20.8 Å². The molecule has 0 aliphatic rings. The number of hydrogen-bond acceptors (Lipinski definition) is 6. The van der Waals surface area contributed by atoms with E-state index < -0.39 is 0 Å². The first kappa shape index (κ1) is 29.1. The van der Waals surface area contributed by atoms with Gasteiger partial charge in [-0.25, -0.2) is 0 Å². The van der Waals surface area contributed by atoms with Crippen molar-refractivity contribution < 1.29 is 70.5 Å². The third-order valence-electron chi connectivity index (χ3n) is 1.34. The maximum Gasteiger partial charge on any atom is 3.00 e. The summed E-state index contributed by atoms with van der Waals surface area (Å²) in [4.78, 5) is 59.7. The van der Waals surface area contributed by atoms with E-state index >= 15 is 0 Å². The van der Waals surface area contributed by atoms with E-state index in [1.54, 1.807) is 0 Å². The quantitative estimate of drug-likeness (QED) is 0.456. The second-order valence-electron chi connectivity index (χ2n) is 4.25. The zero-order valence-corrected chi connectivity index (χ0v) is 16.3. The number of ketones is 6. The molecule has 0 rings (SSSR count). The molecule has 22 heavy (non-hydrogen) atoms. The molecule has 0 amide bonds. The molecule has 0 aliphatic heterocycles. The molecule has 0 heterocycles. The minimum absolute atomic E-state index is 0. The van der Waals surface area contributed by atoms with E-state index in [2.05, 4.69) is 20.8 Å². The van der Waals surface area contributed by atoms with Crippen LogP contribution in [0.25, 0.3) is 0 Å². The second-order valence-corrected chi connectivity index (χ2v) is 4.25. The molecular weight excluding hydrogens is 416 g/mol. The summed E-state index contributed by atoms with van der Waals surface area (Å²) in [6, 6.07) is 0. The van der Waals surface area contributed by atoms with Gasteiger partial charge < -0.3 is 35.2 Å². The van der Waals surface area contributed by atoms with E-state index in [-0.39, 0.29) is 95.7 Å². The largest absolute Gasteiger partial charge is 3.00 e. The Labute approximate surface area is 165 Å². The van der Waals surface area contributed by atoms with Gasteiger partial charge in [-0.2, -0.15) is 0 Å². The van der Waals surface area contributed by atoms with E-state index in [0.717, 1.165) is 0 Å². The maximum atomic E-state index is 9.99. The van der Waals surface area contributed by atoms with Gasteiger partial charge in [0.2, 0.25) is 0 Å². The Hall–Kier alpha value is -0.993. The Morgan fingerprint density at radius 3 is 0.682 bits per heavy atom. The maximum absolute atomic E-state index is 9.99. The van der Waals surface area contributed by atoms with Crippen LogP contribution in [0.1, 0.15) is 40.0 Å². The topological polar surface area (TPSA) is 102 Å². The molecule has 0 N–H and O–H groups in total. The molecule has 0 atom stereocenters. The molecule has 0 unspecified atom stereocenters. The summed E-state index contributed by atoms with van der Waals surface area (Å²) < 4.78 is 0. The van der Waals surface area contributed by atoms with E-state index in [0.29, 0.717) is 0 Å². The molecule has 0 saturated carbocycles. The zero-order chi connectivity index (χ0) is 17.6. The molecule has 0 bridgehead atoms. The van der Waals surface area contributed by atoms with Gasteiger partial charge in [0.25, 0.3) is 0 Å². The predicted octanol–water partition coefficient (Wildman–Crippen LogP) is 1.11. The molecule has 0 aromatic carbocycles. The van der Waals surface area contributed by atoms with Crippen LogP contribution in [-0.2, 0) is 28.8 Å². The van der Waals surface area contributed by atoms with Gasteiger partial charge in [-0.3, -0.25) is 14.4 Å². The van der Waals surface area contributed by atoms with Gasteiger partial charge >= 0.3 is 41.7 Å². The van der Waals surface area contributed by atoms with Gasteiger partial charge in [0, 0.05) is 36.6 Å². The molecular formula is C15H21CeO6. The summed E-state index contributed by atoms with van der Waals surface area (Å²) in [5.74, 6) is -1.31. The van der Waals surface area contributed by atoms with Gasteiger partial charge in [-0.1, -0.05) is 0 Å². The first-order valence-electron chi connectivity index (χ1n) is 5.91. The Morgan fingerprint density at radius 1 is 0.545 bits per heavy atom. The molecule has 0 spiro atoms. The van der Waals surface area contributed by atoms with Crippen LogP contribution in [0.15, 0.2) is 0 Å². The Bertz CT molecular complexity index is 314. The normalized spacial score (nSPS) is 7.77. The van der Waals surface area contributed by atoms with Gasteiger partial charge in [0.1, 0.15) is 17.3 Å². The van der Waals surface area contributed by atoms with Crippen molar-refractivity contribution in [2.24, 2.45) is 0 Å². The smallest absolute Gasteiger partial charge is 0.339 e. The van der Waals surface area contributed by atoms with Crippen molar-refractivity contribution in [1.82, 2.24) is 0 Å². The van der Waals surface area contributed by atoms with E-state index in [9.17, 15) is 28.8 Å². The summed E-state index contributed by atoms with van der Waals surface area (Å²) in [7, 11) is 0. The molecule has 0 fully saturated rings. The molecule has 1 radical (unpaired) electrons. The Morgan fingerprint density at radius 2 is 0.682 bits per heavy atom. The fourth-order valence-corrected chi connectivity index (χ4v) is 0.833. The zero-order valence-electron chi connectivity index (χ0n) is 13.2. The molecule has 0 aromatic rings. The number of carbonyl (C=O) groups is 6. The van der Waals surface area contributed by atoms with Crippen molar-refractivity contribution in [2.75, 3.05) is 0 Å². The van der Waals surface area contributed by atoms with Crippen LogP contribution in [0.3, 0.4) is 0 Å². The first-order valence-corrected chi connectivity index (χ1v) is 5.91. The standard InChI is InChI=1S/3C5H7O2.Ce/c3*1-4(6)3-5(2)7;/h3*1,3H2,2H3;/q3*-1;+3. The summed E-state index contributed by atoms with van der Waals surface area (Å²) in [5, 5.41) is 0. The van der Waals surface area contributed by atoms with Crippen LogP contribution in [0.5, 0.6) is 0 Å². The van der Waals surface area contributed by atoms with Crippen LogP contribution in [0, 0.1) is 62.5 Å². The number of rotatable bonds is 6. The minimum atomic E-state index is -0.312. The van der Waals surface area contributed by atoms with Crippen LogP contribution < -0.4 is 0 Å². The van der Waals surface area contributed by atoms with Gasteiger partial charge in [-0.05, 0) is 20.8 Å². The Balaban J connectivity index is -0.000000108. The fourth-order valence-electron chi connectivity index (χ4n) is 0.833. The van der Waals surface area contributed by atoms with Crippen molar-refractivity contribution >= 4 is 34.7 Å². The molecule has 0 saturated heterocycles. The number of carbonyl (C=O) groups excluding carboxylic acids is 6. The monoisotopic (exact) mass is 437 g/mol. The average Bonchev–Trinajstić information content (AvgIpc) is 2.10. The van der Waals surface area contributed by atoms with Crippen molar-refractivity contribution in [3.63, 3.8) is 0 Å². The van der Waals surface area contributed by atoms with E-state index in [1.165, 1.54) is 20.8 Å². The molecule has 0 aromatic heterocycles. The molecule has 0 aliphatic carbocycles. The van der Waals surface area contributed by atoms with Crippen molar-refractivity contribution in [3.8, 4) is 0 Å².